The van der Waals surface area contributed by atoms with Gasteiger partial charge in [0.25, 0.3) is 0 Å². The zero-order valence-electron chi connectivity index (χ0n) is 15.4. The number of aromatic amines is 1. The number of benzene rings is 1. The van der Waals surface area contributed by atoms with E-state index in [1.54, 1.807) is 11.2 Å². The molecule has 0 unspecified atom stereocenters. The molecular weight excluding hydrogens is 332 g/mol. The van der Waals surface area contributed by atoms with E-state index in [2.05, 4.69) is 21.8 Å². The summed E-state index contributed by atoms with van der Waals surface area (Å²) in [5, 5.41) is 0. The summed E-state index contributed by atoms with van der Waals surface area (Å²) in [5.74, 6) is 0.825. The minimum atomic E-state index is -0.309. The molecule has 1 aromatic carbocycles. The predicted octanol–water partition coefficient (Wildman–Crippen LogP) is 3.57. The Morgan fingerprint density at radius 1 is 1.42 bits per heavy atom. The number of hydrogen-bond acceptors (Lipinski definition) is 5. The average Bonchev–Trinajstić information content (AvgIpc) is 3.16. The SMILES string of the molecule is CCCCOC(=O)N(CC)c1ccc2c(c1)N(Cc1c[nH]cn1)CCO2. The minimum absolute atomic E-state index is 0.309. The molecule has 26 heavy (non-hydrogen) atoms. The Balaban J connectivity index is 1.79. The summed E-state index contributed by atoms with van der Waals surface area (Å²) in [4.78, 5) is 23.6. The maximum absolute atomic E-state index is 12.4. The third kappa shape index (κ3) is 4.09. The molecule has 0 bridgehead atoms. The number of aromatic nitrogens is 2. The monoisotopic (exact) mass is 358 g/mol. The lowest BCUT2D eigenvalue weighted by Gasteiger charge is -2.32. The van der Waals surface area contributed by atoms with E-state index in [-0.39, 0.29) is 6.09 Å². The number of nitrogens with one attached hydrogen (secondary N) is 1. The molecule has 0 aliphatic carbocycles. The predicted molar refractivity (Wildman–Crippen MR) is 101 cm³/mol. The first-order chi connectivity index (χ1) is 12.7. The Kier molecular flexibility index (Phi) is 5.99. The molecule has 140 valence electrons. The van der Waals surface area contributed by atoms with Crippen LogP contribution >= 0.6 is 0 Å². The molecule has 0 spiro atoms. The topological polar surface area (TPSA) is 70.7 Å². The molecule has 0 saturated carbocycles. The number of ether oxygens (including phenoxy) is 2. The number of imidazole rings is 1. The quantitative estimate of drug-likeness (QED) is 0.766. The number of hydrogen-bond donors (Lipinski definition) is 1. The first kappa shape index (κ1) is 18.1. The van der Waals surface area contributed by atoms with Crippen LogP contribution in [-0.4, -0.2) is 42.4 Å². The number of fused-ring (bicyclic) bond motifs is 1. The summed E-state index contributed by atoms with van der Waals surface area (Å²) >= 11 is 0. The van der Waals surface area contributed by atoms with Crippen molar-refractivity contribution in [1.29, 1.82) is 0 Å². The van der Waals surface area contributed by atoms with Gasteiger partial charge < -0.3 is 19.4 Å². The Labute approximate surface area is 153 Å². The fourth-order valence-electron chi connectivity index (χ4n) is 2.97. The third-order valence-corrected chi connectivity index (χ3v) is 4.38. The van der Waals surface area contributed by atoms with Crippen molar-refractivity contribution >= 4 is 17.5 Å². The van der Waals surface area contributed by atoms with Crippen LogP contribution in [0.2, 0.25) is 0 Å². The Morgan fingerprint density at radius 3 is 3.04 bits per heavy atom. The number of rotatable bonds is 7. The van der Waals surface area contributed by atoms with Gasteiger partial charge in [-0.05, 0) is 31.5 Å². The number of amides is 1. The Morgan fingerprint density at radius 2 is 2.31 bits per heavy atom. The van der Waals surface area contributed by atoms with Crippen molar-refractivity contribution in [2.75, 3.05) is 36.1 Å². The van der Waals surface area contributed by atoms with E-state index in [0.29, 0.717) is 26.3 Å². The van der Waals surface area contributed by atoms with Crippen molar-refractivity contribution in [2.24, 2.45) is 0 Å². The number of H-pyrrole nitrogens is 1. The summed E-state index contributed by atoms with van der Waals surface area (Å²) in [6.45, 7) is 7.11. The normalized spacial score (nSPS) is 13.1. The maximum atomic E-state index is 12.4. The molecule has 0 saturated heterocycles. The van der Waals surface area contributed by atoms with E-state index in [0.717, 1.165) is 42.2 Å². The molecule has 3 rings (SSSR count). The van der Waals surface area contributed by atoms with Gasteiger partial charge in [0.15, 0.2) is 0 Å². The summed E-state index contributed by atoms with van der Waals surface area (Å²) in [5.41, 5.74) is 2.75. The molecular formula is C19H26N4O3. The average molecular weight is 358 g/mol. The molecule has 1 aliphatic heterocycles. The highest BCUT2D eigenvalue weighted by Gasteiger charge is 2.22. The summed E-state index contributed by atoms with van der Waals surface area (Å²) < 4.78 is 11.2. The fraction of sp³-hybridized carbons (Fsp3) is 0.474. The molecule has 1 aromatic heterocycles. The zero-order valence-corrected chi connectivity index (χ0v) is 15.4. The van der Waals surface area contributed by atoms with Crippen molar-refractivity contribution in [3.8, 4) is 5.75 Å². The highest BCUT2D eigenvalue weighted by atomic mass is 16.6. The second-order valence-corrected chi connectivity index (χ2v) is 6.19. The maximum Gasteiger partial charge on any atom is 0.414 e. The van der Waals surface area contributed by atoms with Crippen molar-refractivity contribution in [3.63, 3.8) is 0 Å². The number of carbonyl (C=O) groups is 1. The van der Waals surface area contributed by atoms with Crippen molar-refractivity contribution < 1.29 is 14.3 Å². The van der Waals surface area contributed by atoms with Gasteiger partial charge in [0.2, 0.25) is 0 Å². The number of unbranched alkanes of at least 4 members (excludes halogenated alkanes) is 1. The van der Waals surface area contributed by atoms with Gasteiger partial charge in [0.1, 0.15) is 12.4 Å². The van der Waals surface area contributed by atoms with Gasteiger partial charge in [-0.1, -0.05) is 13.3 Å². The minimum Gasteiger partial charge on any atom is -0.490 e. The molecule has 0 fully saturated rings. The molecule has 0 atom stereocenters. The third-order valence-electron chi connectivity index (χ3n) is 4.38. The molecule has 7 heteroatoms. The molecule has 2 aromatic rings. The Bertz CT molecular complexity index is 718. The van der Waals surface area contributed by atoms with Gasteiger partial charge in [-0.3, -0.25) is 4.90 Å². The first-order valence-electron chi connectivity index (χ1n) is 9.16. The van der Waals surface area contributed by atoms with Crippen LogP contribution in [-0.2, 0) is 11.3 Å². The van der Waals surface area contributed by atoms with Crippen molar-refractivity contribution in [2.45, 2.75) is 33.2 Å². The van der Waals surface area contributed by atoms with Gasteiger partial charge in [0, 0.05) is 18.4 Å². The van der Waals surface area contributed by atoms with E-state index >= 15 is 0 Å². The van der Waals surface area contributed by atoms with Crippen LogP contribution in [0.3, 0.4) is 0 Å². The summed E-state index contributed by atoms with van der Waals surface area (Å²) in [6, 6.07) is 5.82. The number of nitrogens with zero attached hydrogens (tertiary/aromatic N) is 3. The number of carbonyl (C=O) groups excluding carboxylic acids is 1. The van der Waals surface area contributed by atoms with Gasteiger partial charge >= 0.3 is 6.09 Å². The van der Waals surface area contributed by atoms with E-state index in [9.17, 15) is 4.79 Å². The largest absolute Gasteiger partial charge is 0.490 e. The standard InChI is InChI=1S/C19H26N4O3/c1-3-5-9-26-19(24)23(4-2)16-6-7-18-17(11-16)22(8-10-25-18)13-15-12-20-14-21-15/h6-7,11-12,14H,3-5,8-10,13H2,1-2H3,(H,20,21). The van der Waals surface area contributed by atoms with E-state index < -0.39 is 0 Å². The lowest BCUT2D eigenvalue weighted by Crippen LogP contribution is -2.34. The summed E-state index contributed by atoms with van der Waals surface area (Å²) in [6.07, 6.45) is 5.13. The second-order valence-electron chi connectivity index (χ2n) is 6.19. The smallest absolute Gasteiger partial charge is 0.414 e. The van der Waals surface area contributed by atoms with Crippen LogP contribution < -0.4 is 14.5 Å². The van der Waals surface area contributed by atoms with Crippen LogP contribution in [0.5, 0.6) is 5.75 Å². The van der Waals surface area contributed by atoms with Crippen LogP contribution in [0, 0.1) is 0 Å². The lowest BCUT2D eigenvalue weighted by atomic mass is 10.2. The fourth-order valence-corrected chi connectivity index (χ4v) is 2.97. The molecule has 1 aliphatic rings. The van der Waals surface area contributed by atoms with Crippen LogP contribution in [0.4, 0.5) is 16.2 Å². The van der Waals surface area contributed by atoms with Crippen LogP contribution in [0.1, 0.15) is 32.4 Å². The summed E-state index contributed by atoms with van der Waals surface area (Å²) in [7, 11) is 0. The molecule has 0 radical (unpaired) electrons. The van der Waals surface area contributed by atoms with Crippen LogP contribution in [0.25, 0.3) is 0 Å². The van der Waals surface area contributed by atoms with Gasteiger partial charge in [0.05, 0.1) is 37.4 Å². The van der Waals surface area contributed by atoms with E-state index in [1.807, 2.05) is 31.3 Å². The molecule has 7 nitrogen and oxygen atoms in total. The van der Waals surface area contributed by atoms with Crippen LogP contribution in [0.15, 0.2) is 30.7 Å². The highest BCUT2D eigenvalue weighted by molar-refractivity contribution is 5.89. The second kappa shape index (κ2) is 8.60. The Hall–Kier alpha value is -2.70. The van der Waals surface area contributed by atoms with Gasteiger partial charge in [-0.2, -0.15) is 0 Å². The molecule has 2 heterocycles. The first-order valence-corrected chi connectivity index (χ1v) is 9.16. The number of anilines is 2. The lowest BCUT2D eigenvalue weighted by molar-refractivity contribution is 0.152. The van der Waals surface area contributed by atoms with Crippen molar-refractivity contribution in [1.82, 2.24) is 9.97 Å². The van der Waals surface area contributed by atoms with E-state index in [4.69, 9.17) is 9.47 Å². The van der Waals surface area contributed by atoms with E-state index in [1.165, 1.54) is 0 Å². The van der Waals surface area contributed by atoms with Gasteiger partial charge in [-0.15, -0.1) is 0 Å². The molecule has 1 amide bonds. The zero-order chi connectivity index (χ0) is 18.4. The molecule has 1 N–H and O–H groups in total. The van der Waals surface area contributed by atoms with Gasteiger partial charge in [-0.25, -0.2) is 9.78 Å². The van der Waals surface area contributed by atoms with Crippen molar-refractivity contribution in [3.05, 3.63) is 36.4 Å². The highest BCUT2D eigenvalue weighted by Crippen LogP contribution is 2.36.